The van der Waals surface area contributed by atoms with Crippen LogP contribution in [-0.2, 0) is 4.79 Å². The van der Waals surface area contributed by atoms with E-state index >= 15 is 0 Å². The molecule has 1 rings (SSSR count). The van der Waals surface area contributed by atoms with E-state index in [1.807, 2.05) is 0 Å². The molecule has 0 N–H and O–H groups in total. The van der Waals surface area contributed by atoms with E-state index < -0.39 is 0 Å². The Labute approximate surface area is 90.5 Å². The minimum Gasteiger partial charge on any atom is -0.303 e. The summed E-state index contributed by atoms with van der Waals surface area (Å²) in [5.41, 5.74) is 1.07. The van der Waals surface area contributed by atoms with Crippen LogP contribution in [0, 0.1) is 5.82 Å². The van der Waals surface area contributed by atoms with Crippen LogP contribution in [0.2, 0.25) is 0 Å². The van der Waals surface area contributed by atoms with Crippen molar-refractivity contribution in [2.75, 3.05) is 0 Å². The summed E-state index contributed by atoms with van der Waals surface area (Å²) in [5, 5.41) is 0. The Bertz CT molecular complexity index is 271. The second-order valence-corrected chi connectivity index (χ2v) is 4.27. The Morgan fingerprint density at radius 2 is 2.00 bits per heavy atom. The minimum absolute atomic E-state index is 0.220. The van der Waals surface area contributed by atoms with Crippen molar-refractivity contribution in [1.29, 1.82) is 0 Å². The van der Waals surface area contributed by atoms with Gasteiger partial charge in [0.15, 0.2) is 0 Å². The maximum Gasteiger partial charge on any atom is 0.123 e. The van der Waals surface area contributed by atoms with Crippen LogP contribution in [0.4, 0.5) is 4.39 Å². The standard InChI is InChI=1S/C10H10FIO/c11-9-5-3-8(4-6-9)10(12)2-1-7-13/h3-7,10H,1-2H2. The lowest BCUT2D eigenvalue weighted by Gasteiger charge is -2.07. The number of carbonyl (C=O) groups excluding carboxylic acids is 1. The van der Waals surface area contributed by atoms with Crippen LogP contribution in [0.5, 0.6) is 0 Å². The second kappa shape index (κ2) is 5.32. The third kappa shape index (κ3) is 3.42. The summed E-state index contributed by atoms with van der Waals surface area (Å²) in [5.74, 6) is -0.220. The van der Waals surface area contributed by atoms with Crippen LogP contribution in [0.25, 0.3) is 0 Å². The lowest BCUT2D eigenvalue weighted by Crippen LogP contribution is -1.90. The Hall–Kier alpha value is -0.450. The van der Waals surface area contributed by atoms with E-state index in [4.69, 9.17) is 0 Å². The minimum atomic E-state index is -0.220. The number of aldehydes is 1. The van der Waals surface area contributed by atoms with Crippen LogP contribution < -0.4 is 0 Å². The van der Waals surface area contributed by atoms with E-state index in [0.717, 1.165) is 18.3 Å². The van der Waals surface area contributed by atoms with E-state index in [1.54, 1.807) is 12.1 Å². The molecule has 0 amide bonds. The van der Waals surface area contributed by atoms with Crippen LogP contribution >= 0.6 is 22.6 Å². The van der Waals surface area contributed by atoms with Crippen molar-refractivity contribution in [3.8, 4) is 0 Å². The lowest BCUT2D eigenvalue weighted by molar-refractivity contribution is -0.107. The van der Waals surface area contributed by atoms with Gasteiger partial charge in [-0.1, -0.05) is 34.7 Å². The molecule has 1 aromatic carbocycles. The maximum atomic E-state index is 12.5. The average molecular weight is 292 g/mol. The highest BCUT2D eigenvalue weighted by atomic mass is 127. The number of rotatable bonds is 4. The number of benzene rings is 1. The first-order valence-electron chi connectivity index (χ1n) is 4.07. The zero-order valence-corrected chi connectivity index (χ0v) is 9.20. The third-order valence-electron chi connectivity index (χ3n) is 1.77. The molecule has 0 aliphatic rings. The molecule has 1 aromatic rings. The molecule has 0 aliphatic heterocycles. The lowest BCUT2D eigenvalue weighted by atomic mass is 10.1. The van der Waals surface area contributed by atoms with E-state index in [9.17, 15) is 9.18 Å². The summed E-state index contributed by atoms with van der Waals surface area (Å²) < 4.78 is 12.8. The zero-order valence-electron chi connectivity index (χ0n) is 7.04. The number of hydrogen-bond acceptors (Lipinski definition) is 1. The van der Waals surface area contributed by atoms with Gasteiger partial charge >= 0.3 is 0 Å². The van der Waals surface area contributed by atoms with Gasteiger partial charge in [0.1, 0.15) is 12.1 Å². The fourth-order valence-corrected chi connectivity index (χ4v) is 1.83. The molecule has 0 aromatic heterocycles. The topological polar surface area (TPSA) is 17.1 Å². The van der Waals surface area contributed by atoms with Crippen LogP contribution in [0.15, 0.2) is 24.3 Å². The fraction of sp³-hybridized carbons (Fsp3) is 0.300. The summed E-state index contributed by atoms with van der Waals surface area (Å²) in [4.78, 5) is 10.1. The molecule has 0 spiro atoms. The Morgan fingerprint density at radius 3 is 2.54 bits per heavy atom. The molecule has 1 atom stereocenters. The molecule has 0 saturated carbocycles. The maximum absolute atomic E-state index is 12.5. The molecule has 3 heteroatoms. The average Bonchev–Trinajstić information content (AvgIpc) is 2.15. The summed E-state index contributed by atoms with van der Waals surface area (Å²) in [6.07, 6.45) is 2.29. The monoisotopic (exact) mass is 292 g/mol. The highest BCUT2D eigenvalue weighted by Crippen LogP contribution is 2.27. The summed E-state index contributed by atoms with van der Waals surface area (Å²) in [7, 11) is 0. The molecule has 1 nitrogen and oxygen atoms in total. The first-order chi connectivity index (χ1) is 6.24. The first-order valence-corrected chi connectivity index (χ1v) is 5.32. The van der Waals surface area contributed by atoms with Crippen molar-refractivity contribution in [3.63, 3.8) is 0 Å². The van der Waals surface area contributed by atoms with E-state index in [2.05, 4.69) is 22.6 Å². The van der Waals surface area contributed by atoms with Gasteiger partial charge in [-0.15, -0.1) is 0 Å². The van der Waals surface area contributed by atoms with Crippen molar-refractivity contribution in [1.82, 2.24) is 0 Å². The van der Waals surface area contributed by atoms with E-state index in [1.165, 1.54) is 12.1 Å². The van der Waals surface area contributed by atoms with Gasteiger partial charge in [0.05, 0.1) is 0 Å². The third-order valence-corrected chi connectivity index (χ3v) is 3.11. The molecule has 13 heavy (non-hydrogen) atoms. The molecule has 70 valence electrons. The molecule has 0 heterocycles. The first kappa shape index (κ1) is 10.6. The Balaban J connectivity index is 2.60. The van der Waals surface area contributed by atoms with Crippen molar-refractivity contribution in [2.24, 2.45) is 0 Å². The van der Waals surface area contributed by atoms with Crippen molar-refractivity contribution in [2.45, 2.75) is 16.8 Å². The van der Waals surface area contributed by atoms with Gasteiger partial charge < -0.3 is 4.79 Å². The van der Waals surface area contributed by atoms with Crippen molar-refractivity contribution >= 4 is 28.9 Å². The second-order valence-electron chi connectivity index (χ2n) is 2.76. The van der Waals surface area contributed by atoms with Crippen LogP contribution in [0.3, 0.4) is 0 Å². The van der Waals surface area contributed by atoms with Gasteiger partial charge in [0, 0.05) is 10.3 Å². The Morgan fingerprint density at radius 1 is 1.38 bits per heavy atom. The van der Waals surface area contributed by atoms with Gasteiger partial charge in [0.25, 0.3) is 0 Å². The molecule has 0 saturated heterocycles. The van der Waals surface area contributed by atoms with E-state index in [0.29, 0.717) is 10.3 Å². The molecular weight excluding hydrogens is 282 g/mol. The summed E-state index contributed by atoms with van der Waals surface area (Å²) in [6, 6.07) is 6.41. The fourth-order valence-electron chi connectivity index (χ4n) is 1.05. The number of carbonyl (C=O) groups is 1. The molecule has 0 radical (unpaired) electrons. The smallest absolute Gasteiger partial charge is 0.123 e. The number of alkyl halides is 1. The van der Waals surface area contributed by atoms with Gasteiger partial charge in [-0.05, 0) is 24.1 Å². The van der Waals surface area contributed by atoms with E-state index in [-0.39, 0.29) is 5.82 Å². The van der Waals surface area contributed by atoms with Crippen LogP contribution in [0.1, 0.15) is 22.3 Å². The molecule has 0 aliphatic carbocycles. The quantitative estimate of drug-likeness (QED) is 0.473. The SMILES string of the molecule is O=CCCC(I)c1ccc(F)cc1. The van der Waals surface area contributed by atoms with Crippen molar-refractivity contribution < 1.29 is 9.18 Å². The molecule has 1 unspecified atom stereocenters. The normalized spacial score (nSPS) is 12.5. The van der Waals surface area contributed by atoms with Crippen LogP contribution in [-0.4, -0.2) is 6.29 Å². The highest BCUT2D eigenvalue weighted by Gasteiger charge is 2.05. The summed E-state index contributed by atoms with van der Waals surface area (Å²) >= 11 is 2.26. The molecule has 0 fully saturated rings. The predicted molar refractivity (Wildman–Crippen MR) is 58.5 cm³/mol. The Kier molecular flexibility index (Phi) is 4.35. The summed E-state index contributed by atoms with van der Waals surface area (Å²) in [6.45, 7) is 0. The number of halogens is 2. The van der Waals surface area contributed by atoms with Gasteiger partial charge in [-0.25, -0.2) is 4.39 Å². The van der Waals surface area contributed by atoms with Gasteiger partial charge in [0.2, 0.25) is 0 Å². The van der Waals surface area contributed by atoms with Gasteiger partial charge in [-0.3, -0.25) is 0 Å². The zero-order chi connectivity index (χ0) is 9.68. The largest absolute Gasteiger partial charge is 0.303 e. The predicted octanol–water partition coefficient (Wildman–Crippen LogP) is 3.28. The molecular formula is C10H10FIO. The van der Waals surface area contributed by atoms with Gasteiger partial charge in [-0.2, -0.15) is 0 Å². The van der Waals surface area contributed by atoms with Crippen molar-refractivity contribution in [3.05, 3.63) is 35.6 Å². The number of hydrogen-bond donors (Lipinski definition) is 0. The molecule has 0 bridgehead atoms. The highest BCUT2D eigenvalue weighted by molar-refractivity contribution is 14.1.